The fourth-order valence-corrected chi connectivity index (χ4v) is 3.51. The maximum Gasteiger partial charge on any atom is 0.328 e. The third-order valence-electron chi connectivity index (χ3n) is 4.89. The van der Waals surface area contributed by atoms with Crippen molar-refractivity contribution in [1.29, 1.82) is 0 Å². The lowest BCUT2D eigenvalue weighted by molar-refractivity contribution is -0.131. The van der Waals surface area contributed by atoms with Gasteiger partial charge in [-0.25, -0.2) is 4.79 Å². The topological polar surface area (TPSA) is 37.3 Å². The van der Waals surface area contributed by atoms with Crippen LogP contribution in [-0.2, 0) is 4.79 Å². The Kier molecular flexibility index (Phi) is 6.70. The van der Waals surface area contributed by atoms with Crippen LogP contribution >= 0.6 is 0 Å². The molecule has 1 aromatic rings. The van der Waals surface area contributed by atoms with E-state index in [9.17, 15) is 4.79 Å². The molecule has 2 rings (SSSR count). The van der Waals surface area contributed by atoms with Crippen LogP contribution in [0, 0.1) is 5.92 Å². The first-order chi connectivity index (χ1) is 10.7. The quantitative estimate of drug-likeness (QED) is 0.522. The van der Waals surface area contributed by atoms with Gasteiger partial charge in [-0.2, -0.15) is 0 Å². The number of aliphatic carboxylic acids is 1. The third-order valence-corrected chi connectivity index (χ3v) is 4.89. The van der Waals surface area contributed by atoms with Crippen molar-refractivity contribution in [3.05, 3.63) is 41.5 Å². The van der Waals surface area contributed by atoms with Gasteiger partial charge in [-0.15, -0.1) is 0 Å². The van der Waals surface area contributed by atoms with Gasteiger partial charge in [-0.1, -0.05) is 56.9 Å². The van der Waals surface area contributed by atoms with Crippen LogP contribution in [0.4, 0.5) is 0 Å². The highest BCUT2D eigenvalue weighted by molar-refractivity contribution is 5.85. The summed E-state index contributed by atoms with van der Waals surface area (Å²) in [5, 5.41) is 8.65. The molecule has 0 heterocycles. The zero-order valence-corrected chi connectivity index (χ0v) is 13.6. The van der Waals surface area contributed by atoms with Crippen molar-refractivity contribution < 1.29 is 9.90 Å². The summed E-state index contributed by atoms with van der Waals surface area (Å²) < 4.78 is 0. The summed E-state index contributed by atoms with van der Waals surface area (Å²) in [6.45, 7) is 2.27. The van der Waals surface area contributed by atoms with Gasteiger partial charge in [0, 0.05) is 6.08 Å². The molecule has 1 saturated carbocycles. The van der Waals surface area contributed by atoms with Crippen LogP contribution in [0.5, 0.6) is 0 Å². The zero-order valence-electron chi connectivity index (χ0n) is 13.6. The van der Waals surface area contributed by atoms with Gasteiger partial charge in [0.15, 0.2) is 0 Å². The minimum absolute atomic E-state index is 0.694. The Hall–Kier alpha value is -1.57. The van der Waals surface area contributed by atoms with E-state index in [1.165, 1.54) is 63.0 Å². The minimum Gasteiger partial charge on any atom is -0.478 e. The summed E-state index contributed by atoms with van der Waals surface area (Å²) in [4.78, 5) is 10.5. The standard InChI is InChI=1S/C20H28O2/c1-2-3-4-5-16-6-11-18(12-7-16)19-13-8-17(9-14-19)10-15-20(21)22/h8-10,13-16,18H,2-7,11-12H2,1H3,(H,21,22)/b15-10+/t16-,18+. The number of hydrogen-bond acceptors (Lipinski definition) is 1. The van der Waals surface area contributed by atoms with Crippen molar-refractivity contribution in [3.8, 4) is 0 Å². The van der Waals surface area contributed by atoms with Gasteiger partial charge in [-0.3, -0.25) is 0 Å². The van der Waals surface area contributed by atoms with E-state index in [1.807, 2.05) is 12.1 Å². The van der Waals surface area contributed by atoms with Crippen molar-refractivity contribution in [2.45, 2.75) is 64.2 Å². The molecule has 0 saturated heterocycles. The van der Waals surface area contributed by atoms with Crippen LogP contribution in [0.1, 0.15) is 75.3 Å². The molecule has 0 unspecified atom stereocenters. The number of carbonyl (C=O) groups is 1. The van der Waals surface area contributed by atoms with E-state index < -0.39 is 5.97 Å². The van der Waals surface area contributed by atoms with Crippen molar-refractivity contribution >= 4 is 12.0 Å². The van der Waals surface area contributed by atoms with Crippen LogP contribution in [0.15, 0.2) is 30.3 Å². The van der Waals surface area contributed by atoms with E-state index in [-0.39, 0.29) is 0 Å². The molecule has 0 bridgehead atoms. The Balaban J connectivity index is 1.82. The van der Waals surface area contributed by atoms with Crippen molar-refractivity contribution in [2.24, 2.45) is 5.92 Å². The van der Waals surface area contributed by atoms with Crippen molar-refractivity contribution in [2.75, 3.05) is 0 Å². The highest BCUT2D eigenvalue weighted by Gasteiger charge is 2.21. The van der Waals surface area contributed by atoms with Gasteiger partial charge in [0.2, 0.25) is 0 Å². The van der Waals surface area contributed by atoms with E-state index in [2.05, 4.69) is 19.1 Å². The summed E-state index contributed by atoms with van der Waals surface area (Å²) in [5.74, 6) is 0.742. The Morgan fingerprint density at radius 3 is 2.41 bits per heavy atom. The van der Waals surface area contributed by atoms with Gasteiger partial charge >= 0.3 is 5.97 Å². The predicted octanol–water partition coefficient (Wildman–Crippen LogP) is 5.64. The van der Waals surface area contributed by atoms with Crippen LogP contribution in [0.2, 0.25) is 0 Å². The SMILES string of the molecule is CCCCC[C@H]1CC[C@@H](c2ccc(/C=C/C(=O)O)cc2)CC1. The summed E-state index contributed by atoms with van der Waals surface area (Å²) >= 11 is 0. The van der Waals surface area contributed by atoms with Crippen LogP contribution < -0.4 is 0 Å². The van der Waals surface area contributed by atoms with E-state index in [0.717, 1.165) is 11.5 Å². The summed E-state index contributed by atoms with van der Waals surface area (Å²) in [6.07, 6.45) is 13.7. The normalized spacial score (nSPS) is 22.0. The molecule has 2 nitrogen and oxygen atoms in total. The molecule has 0 spiro atoms. The number of rotatable bonds is 7. The second-order valence-electron chi connectivity index (χ2n) is 6.55. The van der Waals surface area contributed by atoms with Gasteiger partial charge in [0.05, 0.1) is 0 Å². The first-order valence-electron chi connectivity index (χ1n) is 8.70. The molecule has 1 aliphatic carbocycles. The van der Waals surface area contributed by atoms with Crippen LogP contribution in [-0.4, -0.2) is 11.1 Å². The Labute approximate surface area is 134 Å². The largest absolute Gasteiger partial charge is 0.478 e. The highest BCUT2D eigenvalue weighted by atomic mass is 16.4. The minimum atomic E-state index is -0.898. The molecular formula is C20H28O2. The molecule has 120 valence electrons. The molecule has 0 atom stereocenters. The summed E-state index contributed by atoms with van der Waals surface area (Å²) in [5.41, 5.74) is 2.37. The molecule has 1 fully saturated rings. The predicted molar refractivity (Wildman–Crippen MR) is 92.0 cm³/mol. The van der Waals surface area contributed by atoms with Crippen LogP contribution in [0.25, 0.3) is 6.08 Å². The molecule has 1 N–H and O–H groups in total. The fourth-order valence-electron chi connectivity index (χ4n) is 3.51. The lowest BCUT2D eigenvalue weighted by Crippen LogP contribution is -2.13. The maximum absolute atomic E-state index is 10.5. The molecule has 0 radical (unpaired) electrons. The number of hydrogen-bond donors (Lipinski definition) is 1. The lowest BCUT2D eigenvalue weighted by atomic mass is 9.77. The van der Waals surface area contributed by atoms with E-state index >= 15 is 0 Å². The molecule has 0 amide bonds. The molecule has 0 aliphatic heterocycles. The Morgan fingerprint density at radius 1 is 1.14 bits per heavy atom. The van der Waals surface area contributed by atoms with E-state index in [0.29, 0.717) is 5.92 Å². The average Bonchev–Trinajstić information content (AvgIpc) is 2.54. The van der Waals surface area contributed by atoms with Gasteiger partial charge in [-0.05, 0) is 54.7 Å². The smallest absolute Gasteiger partial charge is 0.328 e. The first-order valence-corrected chi connectivity index (χ1v) is 8.70. The van der Waals surface area contributed by atoms with Crippen molar-refractivity contribution in [3.63, 3.8) is 0 Å². The average molecular weight is 300 g/mol. The number of carboxylic acid groups (broad SMARTS) is 1. The highest BCUT2D eigenvalue weighted by Crippen LogP contribution is 2.37. The van der Waals surface area contributed by atoms with E-state index in [4.69, 9.17) is 5.11 Å². The molecule has 1 aromatic carbocycles. The summed E-state index contributed by atoms with van der Waals surface area (Å²) in [7, 11) is 0. The van der Waals surface area contributed by atoms with Crippen molar-refractivity contribution in [1.82, 2.24) is 0 Å². The summed E-state index contributed by atoms with van der Waals surface area (Å²) in [6, 6.07) is 8.40. The van der Waals surface area contributed by atoms with Crippen LogP contribution in [0.3, 0.4) is 0 Å². The first kappa shape index (κ1) is 16.8. The number of benzene rings is 1. The van der Waals surface area contributed by atoms with Gasteiger partial charge < -0.3 is 5.11 Å². The van der Waals surface area contributed by atoms with Gasteiger partial charge in [0.25, 0.3) is 0 Å². The van der Waals surface area contributed by atoms with E-state index in [1.54, 1.807) is 6.08 Å². The number of unbranched alkanes of at least 4 members (excludes halogenated alkanes) is 2. The monoisotopic (exact) mass is 300 g/mol. The molecule has 1 aliphatic rings. The van der Waals surface area contributed by atoms with Gasteiger partial charge in [0.1, 0.15) is 0 Å². The molecule has 0 aromatic heterocycles. The number of carboxylic acids is 1. The Morgan fingerprint density at radius 2 is 1.82 bits per heavy atom. The zero-order chi connectivity index (χ0) is 15.8. The second kappa shape index (κ2) is 8.77. The Bertz CT molecular complexity index is 479. The lowest BCUT2D eigenvalue weighted by Gasteiger charge is -2.29. The molecule has 22 heavy (non-hydrogen) atoms. The molecular weight excluding hydrogens is 272 g/mol. The second-order valence-corrected chi connectivity index (χ2v) is 6.55. The molecule has 2 heteroatoms. The maximum atomic E-state index is 10.5. The fraction of sp³-hybridized carbons (Fsp3) is 0.550. The third kappa shape index (κ3) is 5.32.